The number of carbonyl (C=O) groups excluding carboxylic acids is 1. The quantitative estimate of drug-likeness (QED) is 0.501. The van der Waals surface area contributed by atoms with Crippen LogP contribution in [0.2, 0.25) is 0 Å². The van der Waals surface area contributed by atoms with E-state index in [2.05, 4.69) is 48.1 Å². The minimum atomic E-state index is -0.393. The Morgan fingerprint density at radius 1 is 1.26 bits per heavy atom. The van der Waals surface area contributed by atoms with E-state index in [0.29, 0.717) is 53.6 Å². The fraction of sp³-hybridized carbons (Fsp3) is 0.333. The number of nitrogens with one attached hydrogen (secondary N) is 1. The third kappa shape index (κ3) is 4.25. The Kier molecular flexibility index (Phi) is 5.99. The summed E-state index contributed by atoms with van der Waals surface area (Å²) in [4.78, 5) is 24.4. The van der Waals surface area contributed by atoms with Crippen LogP contribution in [-0.2, 0) is 7.05 Å². The first-order valence-corrected chi connectivity index (χ1v) is 11.9. The molecule has 9 nitrogen and oxygen atoms in total. The number of nitrogens with zero attached hydrogens (tertiary/aromatic N) is 5. The number of hydrogen-bond acceptors (Lipinski definition) is 7. The number of carbonyl (C=O) groups is 1. The molecule has 10 heteroatoms. The molecule has 0 saturated carbocycles. The Morgan fingerprint density at radius 3 is 2.94 bits per heavy atom. The molecule has 1 aromatic carbocycles. The molecule has 5 rings (SSSR count). The van der Waals surface area contributed by atoms with Crippen molar-refractivity contribution in [3.8, 4) is 23.0 Å². The van der Waals surface area contributed by atoms with Gasteiger partial charge in [0.1, 0.15) is 0 Å². The number of anilines is 2. The molecule has 1 atom stereocenters. The van der Waals surface area contributed by atoms with E-state index >= 15 is 0 Å². The summed E-state index contributed by atoms with van der Waals surface area (Å²) in [7, 11) is 3.34. The van der Waals surface area contributed by atoms with Crippen molar-refractivity contribution in [1.29, 1.82) is 0 Å². The molecule has 1 amide bonds. The van der Waals surface area contributed by atoms with Gasteiger partial charge < -0.3 is 19.7 Å². The highest BCUT2D eigenvalue weighted by molar-refractivity contribution is 9.10. The van der Waals surface area contributed by atoms with Crippen molar-refractivity contribution in [1.82, 2.24) is 14.8 Å². The minimum absolute atomic E-state index is 0.317. The zero-order valence-electron chi connectivity index (χ0n) is 19.2. The lowest BCUT2D eigenvalue weighted by Crippen LogP contribution is -2.35. The van der Waals surface area contributed by atoms with E-state index in [9.17, 15) is 4.79 Å². The van der Waals surface area contributed by atoms with Gasteiger partial charge in [-0.1, -0.05) is 22.9 Å². The number of aromatic nitrogens is 3. The Morgan fingerprint density at radius 2 is 2.12 bits per heavy atom. The van der Waals surface area contributed by atoms with Crippen LogP contribution in [0.3, 0.4) is 0 Å². The molecule has 1 N–H and O–H groups in total. The van der Waals surface area contributed by atoms with Gasteiger partial charge in [-0.15, -0.1) is 0 Å². The largest absolute Gasteiger partial charge is 0.481 e. The van der Waals surface area contributed by atoms with Crippen molar-refractivity contribution in [3.63, 3.8) is 0 Å². The summed E-state index contributed by atoms with van der Waals surface area (Å²) in [5.74, 6) is 1.38. The zero-order valence-corrected chi connectivity index (χ0v) is 20.8. The predicted molar refractivity (Wildman–Crippen MR) is 134 cm³/mol. The number of hydrogen-bond donors (Lipinski definition) is 1. The van der Waals surface area contributed by atoms with Crippen molar-refractivity contribution < 1.29 is 14.3 Å². The molecule has 2 aliphatic heterocycles. The van der Waals surface area contributed by atoms with Gasteiger partial charge >= 0.3 is 0 Å². The molecular weight excluding hydrogens is 500 g/mol. The number of pyridine rings is 1. The average Bonchev–Trinajstić information content (AvgIpc) is 3.35. The van der Waals surface area contributed by atoms with Gasteiger partial charge in [-0.3, -0.25) is 4.79 Å². The van der Waals surface area contributed by atoms with Crippen LogP contribution in [-0.4, -0.2) is 46.9 Å². The standard InChI is InChI=1S/C24H25BrN6O3/c1-14-5-4-8-34-23-17(12-26-30(23)2)19-9-15(10-21(27-19)33-3)22(32)29-24-28-18-7-6-16(25)11-20(18)31(24)13-14/h6-7,9-12,14H,4-5,8,13H2,1-3H3,(H,28,29,32)/t14-/m1/s1. The summed E-state index contributed by atoms with van der Waals surface area (Å²) in [6.07, 6.45) is 3.52. The summed E-state index contributed by atoms with van der Waals surface area (Å²) < 4.78 is 14.1. The molecule has 0 fully saturated rings. The van der Waals surface area contributed by atoms with Crippen molar-refractivity contribution in [2.45, 2.75) is 19.8 Å². The molecular formula is C24H25BrN6O3. The first-order chi connectivity index (χ1) is 16.4. The van der Waals surface area contributed by atoms with Crippen molar-refractivity contribution in [3.05, 3.63) is 46.6 Å². The average molecular weight is 525 g/mol. The van der Waals surface area contributed by atoms with Crippen molar-refractivity contribution >= 4 is 39.2 Å². The molecule has 0 radical (unpaired) electrons. The van der Waals surface area contributed by atoms with Crippen LogP contribution in [0, 0.1) is 5.92 Å². The molecule has 4 heterocycles. The highest BCUT2D eigenvalue weighted by Gasteiger charge is 2.28. The second kappa shape index (κ2) is 9.09. The van der Waals surface area contributed by atoms with E-state index < -0.39 is 5.91 Å². The number of benzene rings is 1. The second-order valence-electron chi connectivity index (χ2n) is 8.50. The van der Waals surface area contributed by atoms with Gasteiger partial charge in [0, 0.05) is 29.7 Å². The van der Waals surface area contributed by atoms with Crippen LogP contribution >= 0.6 is 15.9 Å². The second-order valence-corrected chi connectivity index (χ2v) is 9.42. The van der Waals surface area contributed by atoms with E-state index in [1.54, 1.807) is 23.0 Å². The molecule has 0 spiro atoms. The maximum atomic E-state index is 13.3. The number of aryl methyl sites for hydroxylation is 1. The number of guanidine groups is 1. The molecule has 3 aromatic rings. The molecule has 0 saturated heterocycles. The third-order valence-electron chi connectivity index (χ3n) is 5.95. The van der Waals surface area contributed by atoms with Gasteiger partial charge in [0.05, 0.1) is 42.5 Å². The Balaban J connectivity index is 1.62. The van der Waals surface area contributed by atoms with Crippen LogP contribution in [0.15, 0.2) is 46.0 Å². The number of halogens is 1. The van der Waals surface area contributed by atoms with Gasteiger partial charge in [-0.05, 0) is 43.0 Å². The van der Waals surface area contributed by atoms with Crippen LogP contribution in [0.4, 0.5) is 11.4 Å². The SMILES string of the molecule is COc1cc2cc(n1)-c1cnn(C)c1OCCC[C@@H](C)CN1/C(=N/C2=O)Nc2ccc(Br)cc21. The highest BCUT2D eigenvalue weighted by atomic mass is 79.9. The zero-order chi connectivity index (χ0) is 23.8. The Labute approximate surface area is 205 Å². The Hall–Kier alpha value is -3.40. The van der Waals surface area contributed by atoms with Gasteiger partial charge in [-0.2, -0.15) is 10.1 Å². The molecule has 2 aromatic heterocycles. The van der Waals surface area contributed by atoms with Crippen molar-refractivity contribution in [2.24, 2.45) is 18.0 Å². The molecule has 2 aliphatic rings. The number of ether oxygens (including phenoxy) is 2. The topological polar surface area (TPSA) is 93.9 Å². The van der Waals surface area contributed by atoms with E-state index in [1.165, 1.54) is 7.11 Å². The molecule has 0 unspecified atom stereocenters. The van der Waals surface area contributed by atoms with Gasteiger partial charge in [0.25, 0.3) is 5.91 Å². The highest BCUT2D eigenvalue weighted by Crippen LogP contribution is 2.36. The third-order valence-corrected chi connectivity index (χ3v) is 6.45. The summed E-state index contributed by atoms with van der Waals surface area (Å²) in [6.45, 7) is 3.46. The molecule has 0 aliphatic carbocycles. The smallest absolute Gasteiger partial charge is 0.280 e. The van der Waals surface area contributed by atoms with E-state index in [1.807, 2.05) is 25.2 Å². The lowest BCUT2D eigenvalue weighted by molar-refractivity contribution is 0.100. The normalized spacial score (nSPS) is 19.4. The maximum absolute atomic E-state index is 13.3. The lowest BCUT2D eigenvalue weighted by atomic mass is 10.1. The monoisotopic (exact) mass is 524 g/mol. The van der Waals surface area contributed by atoms with Crippen LogP contribution in [0.5, 0.6) is 11.8 Å². The van der Waals surface area contributed by atoms with Gasteiger partial charge in [0.2, 0.25) is 17.7 Å². The fourth-order valence-electron chi connectivity index (χ4n) is 4.22. The summed E-state index contributed by atoms with van der Waals surface area (Å²) >= 11 is 3.56. The van der Waals surface area contributed by atoms with Crippen LogP contribution < -0.4 is 19.7 Å². The fourth-order valence-corrected chi connectivity index (χ4v) is 4.57. The molecule has 176 valence electrons. The first kappa shape index (κ1) is 22.4. The van der Waals surface area contributed by atoms with Gasteiger partial charge in [-0.25, -0.2) is 9.67 Å². The van der Waals surface area contributed by atoms with E-state index in [4.69, 9.17) is 9.47 Å². The predicted octanol–water partition coefficient (Wildman–Crippen LogP) is 4.49. The van der Waals surface area contributed by atoms with Crippen molar-refractivity contribution in [2.75, 3.05) is 30.5 Å². The van der Waals surface area contributed by atoms with E-state index in [0.717, 1.165) is 28.7 Å². The summed E-state index contributed by atoms with van der Waals surface area (Å²) in [5.41, 5.74) is 3.51. The summed E-state index contributed by atoms with van der Waals surface area (Å²) in [6, 6.07) is 9.28. The first-order valence-electron chi connectivity index (χ1n) is 11.1. The van der Waals surface area contributed by atoms with Gasteiger partial charge in [0.15, 0.2) is 0 Å². The number of fused-ring (bicyclic) bond motifs is 7. The Bertz CT molecular complexity index is 1290. The number of rotatable bonds is 1. The van der Waals surface area contributed by atoms with Crippen LogP contribution in [0.25, 0.3) is 11.3 Å². The number of aliphatic imine (C=N–C) groups is 1. The maximum Gasteiger partial charge on any atom is 0.280 e. The summed E-state index contributed by atoms with van der Waals surface area (Å²) in [5, 5.41) is 7.65. The molecule has 34 heavy (non-hydrogen) atoms. The van der Waals surface area contributed by atoms with Crippen LogP contribution in [0.1, 0.15) is 30.1 Å². The molecule has 2 bridgehead atoms. The minimum Gasteiger partial charge on any atom is -0.481 e. The van der Waals surface area contributed by atoms with E-state index in [-0.39, 0.29) is 0 Å². The number of amides is 1. The lowest BCUT2D eigenvalue weighted by Gasteiger charge is -2.23. The number of methoxy groups -OCH3 is 1.